The summed E-state index contributed by atoms with van der Waals surface area (Å²) in [6.45, 7) is 3.82. The van der Waals surface area contributed by atoms with Crippen LogP contribution in [-0.4, -0.2) is 32.2 Å². The van der Waals surface area contributed by atoms with E-state index in [1.807, 2.05) is 44.2 Å². The number of benzene rings is 1. The summed E-state index contributed by atoms with van der Waals surface area (Å²) in [5.74, 6) is -0.129. The Balaban J connectivity index is 2.06. The van der Waals surface area contributed by atoms with E-state index in [-0.39, 0.29) is 28.6 Å². The lowest BCUT2D eigenvalue weighted by molar-refractivity contribution is -0.122. The molecular weight excluding hydrogens is 344 g/mol. The van der Waals surface area contributed by atoms with Crippen LogP contribution in [0.2, 0.25) is 0 Å². The summed E-state index contributed by atoms with van der Waals surface area (Å²) in [5.41, 5.74) is 1.00. The predicted molar refractivity (Wildman–Crippen MR) is 96.3 cm³/mol. The van der Waals surface area contributed by atoms with Gasteiger partial charge in [-0.3, -0.25) is 4.79 Å². The minimum absolute atomic E-state index is 0.156. The van der Waals surface area contributed by atoms with E-state index in [4.69, 9.17) is 0 Å². The highest BCUT2D eigenvalue weighted by atomic mass is 32.2. The first-order valence-corrected chi connectivity index (χ1v) is 9.98. The lowest BCUT2D eigenvalue weighted by atomic mass is 9.96. The number of sulfonamides is 1. The van der Waals surface area contributed by atoms with Crippen LogP contribution in [0, 0.1) is 5.92 Å². The van der Waals surface area contributed by atoms with E-state index in [1.54, 1.807) is 11.4 Å². The van der Waals surface area contributed by atoms with Crippen molar-refractivity contribution in [2.75, 3.05) is 13.6 Å². The van der Waals surface area contributed by atoms with Crippen molar-refractivity contribution in [3.8, 4) is 0 Å². The van der Waals surface area contributed by atoms with E-state index in [0.29, 0.717) is 0 Å². The molecule has 2 rings (SSSR count). The third-order valence-corrected chi connectivity index (χ3v) is 6.84. The average Bonchev–Trinajstić information content (AvgIpc) is 3.08. The van der Waals surface area contributed by atoms with Crippen molar-refractivity contribution in [2.45, 2.75) is 24.1 Å². The topological polar surface area (TPSA) is 66.5 Å². The Morgan fingerprint density at radius 1 is 1.17 bits per heavy atom. The molecule has 0 saturated heterocycles. The summed E-state index contributed by atoms with van der Waals surface area (Å²) >= 11 is 1.14. The van der Waals surface area contributed by atoms with Gasteiger partial charge in [-0.15, -0.1) is 11.3 Å². The number of amides is 1. The molecule has 2 aromatic rings. The standard InChI is InChI=1S/C17H22N2O3S2/c1-13(2)17(14-8-5-4-6-9-14)18-15(20)12-19(3)24(21,22)16-10-7-11-23-16/h4-11,13,17H,12H2,1-3H3,(H,18,20). The van der Waals surface area contributed by atoms with Crippen molar-refractivity contribution in [1.29, 1.82) is 0 Å². The van der Waals surface area contributed by atoms with Gasteiger partial charge in [0.25, 0.3) is 10.0 Å². The van der Waals surface area contributed by atoms with Crippen LogP contribution in [0.25, 0.3) is 0 Å². The third kappa shape index (κ3) is 4.43. The fourth-order valence-corrected chi connectivity index (χ4v) is 4.69. The van der Waals surface area contributed by atoms with Gasteiger partial charge in [0, 0.05) is 7.05 Å². The van der Waals surface area contributed by atoms with Gasteiger partial charge in [0.15, 0.2) is 0 Å². The normalized spacial score (nSPS) is 13.2. The van der Waals surface area contributed by atoms with Crippen molar-refractivity contribution < 1.29 is 13.2 Å². The van der Waals surface area contributed by atoms with Crippen LogP contribution in [-0.2, 0) is 14.8 Å². The molecule has 5 nitrogen and oxygen atoms in total. The molecule has 0 fully saturated rings. The van der Waals surface area contributed by atoms with Crippen molar-refractivity contribution in [3.63, 3.8) is 0 Å². The van der Waals surface area contributed by atoms with Gasteiger partial charge in [-0.2, -0.15) is 4.31 Å². The van der Waals surface area contributed by atoms with Gasteiger partial charge >= 0.3 is 0 Å². The fourth-order valence-electron chi connectivity index (χ4n) is 2.37. The van der Waals surface area contributed by atoms with Gasteiger partial charge in [-0.1, -0.05) is 50.2 Å². The predicted octanol–water partition coefficient (Wildman–Crippen LogP) is 2.88. The lowest BCUT2D eigenvalue weighted by Crippen LogP contribution is -2.40. The van der Waals surface area contributed by atoms with Crippen LogP contribution in [0.4, 0.5) is 0 Å². The summed E-state index contributed by atoms with van der Waals surface area (Å²) in [7, 11) is -2.20. The Bertz CT molecular complexity index is 756. The summed E-state index contributed by atoms with van der Waals surface area (Å²) in [6.07, 6.45) is 0. The fraction of sp³-hybridized carbons (Fsp3) is 0.353. The van der Waals surface area contributed by atoms with Crippen LogP contribution in [0.15, 0.2) is 52.1 Å². The molecule has 7 heteroatoms. The van der Waals surface area contributed by atoms with Crippen molar-refractivity contribution in [1.82, 2.24) is 9.62 Å². The highest BCUT2D eigenvalue weighted by molar-refractivity contribution is 7.91. The molecule has 0 aliphatic carbocycles. The molecule has 1 aromatic heterocycles. The summed E-state index contributed by atoms with van der Waals surface area (Å²) in [5, 5.41) is 4.64. The largest absolute Gasteiger partial charge is 0.348 e. The quantitative estimate of drug-likeness (QED) is 0.819. The zero-order valence-electron chi connectivity index (χ0n) is 14.0. The molecule has 0 radical (unpaired) electrons. The molecule has 24 heavy (non-hydrogen) atoms. The van der Waals surface area contributed by atoms with Gasteiger partial charge in [0.2, 0.25) is 5.91 Å². The number of hydrogen-bond acceptors (Lipinski definition) is 4. The molecule has 1 N–H and O–H groups in total. The highest BCUT2D eigenvalue weighted by Crippen LogP contribution is 2.22. The van der Waals surface area contributed by atoms with Crippen molar-refractivity contribution >= 4 is 27.3 Å². The second-order valence-electron chi connectivity index (χ2n) is 5.89. The van der Waals surface area contributed by atoms with E-state index in [0.717, 1.165) is 21.2 Å². The third-order valence-electron chi connectivity index (χ3n) is 3.67. The maximum Gasteiger partial charge on any atom is 0.252 e. The number of likely N-dealkylation sites (N-methyl/N-ethyl adjacent to an activating group) is 1. The number of hydrogen-bond donors (Lipinski definition) is 1. The minimum atomic E-state index is -3.62. The average molecular weight is 367 g/mol. The Hall–Kier alpha value is -1.70. The maximum atomic E-state index is 12.4. The van der Waals surface area contributed by atoms with Crippen LogP contribution in [0.5, 0.6) is 0 Å². The van der Waals surface area contributed by atoms with Gasteiger partial charge < -0.3 is 5.32 Å². The second-order valence-corrected chi connectivity index (χ2v) is 9.11. The molecule has 0 aliphatic heterocycles. The molecule has 1 heterocycles. The molecule has 0 spiro atoms. The summed E-state index contributed by atoms with van der Waals surface area (Å²) < 4.78 is 26.1. The summed E-state index contributed by atoms with van der Waals surface area (Å²) in [6, 6.07) is 12.7. The van der Waals surface area contributed by atoms with E-state index in [1.165, 1.54) is 13.1 Å². The summed E-state index contributed by atoms with van der Waals surface area (Å²) in [4.78, 5) is 12.3. The second kappa shape index (κ2) is 7.92. The number of carbonyl (C=O) groups is 1. The first kappa shape index (κ1) is 18.6. The Labute approximate surface area is 147 Å². The number of thiophene rings is 1. The molecule has 1 atom stereocenters. The molecule has 0 aliphatic rings. The zero-order chi connectivity index (χ0) is 17.7. The first-order chi connectivity index (χ1) is 11.3. The molecule has 130 valence electrons. The molecule has 1 amide bonds. The van der Waals surface area contributed by atoms with E-state index in [9.17, 15) is 13.2 Å². The molecule has 1 aromatic carbocycles. The maximum absolute atomic E-state index is 12.4. The zero-order valence-corrected chi connectivity index (χ0v) is 15.6. The monoisotopic (exact) mass is 366 g/mol. The number of carbonyl (C=O) groups excluding carboxylic acids is 1. The Kier molecular flexibility index (Phi) is 6.15. The smallest absolute Gasteiger partial charge is 0.252 e. The molecular formula is C17H22N2O3S2. The Morgan fingerprint density at radius 3 is 2.38 bits per heavy atom. The van der Waals surface area contributed by atoms with E-state index in [2.05, 4.69) is 5.32 Å². The highest BCUT2D eigenvalue weighted by Gasteiger charge is 2.25. The number of nitrogens with one attached hydrogen (secondary N) is 1. The Morgan fingerprint density at radius 2 is 1.83 bits per heavy atom. The molecule has 0 saturated carbocycles. The van der Waals surface area contributed by atoms with Gasteiger partial charge in [0.1, 0.15) is 4.21 Å². The lowest BCUT2D eigenvalue weighted by Gasteiger charge is -2.24. The van der Waals surface area contributed by atoms with Crippen LogP contribution in [0.1, 0.15) is 25.5 Å². The first-order valence-electron chi connectivity index (χ1n) is 7.66. The van der Waals surface area contributed by atoms with Crippen LogP contribution < -0.4 is 5.32 Å². The van der Waals surface area contributed by atoms with Crippen LogP contribution in [0.3, 0.4) is 0 Å². The van der Waals surface area contributed by atoms with E-state index < -0.39 is 10.0 Å². The minimum Gasteiger partial charge on any atom is -0.348 e. The molecule has 1 unspecified atom stereocenters. The van der Waals surface area contributed by atoms with Gasteiger partial charge in [0.05, 0.1) is 12.6 Å². The van der Waals surface area contributed by atoms with Gasteiger partial charge in [-0.25, -0.2) is 8.42 Å². The van der Waals surface area contributed by atoms with Gasteiger partial charge in [-0.05, 0) is 22.9 Å². The molecule has 0 bridgehead atoms. The van der Waals surface area contributed by atoms with Crippen molar-refractivity contribution in [2.24, 2.45) is 5.92 Å². The van der Waals surface area contributed by atoms with E-state index >= 15 is 0 Å². The van der Waals surface area contributed by atoms with Crippen molar-refractivity contribution in [3.05, 3.63) is 53.4 Å². The number of nitrogens with zero attached hydrogens (tertiary/aromatic N) is 1. The SMILES string of the molecule is CC(C)C(NC(=O)CN(C)S(=O)(=O)c1cccs1)c1ccccc1. The van der Waals surface area contributed by atoms with Crippen LogP contribution >= 0.6 is 11.3 Å². The number of rotatable bonds is 7.